The molecule has 2 aromatic heterocycles. The van der Waals surface area contributed by atoms with E-state index in [9.17, 15) is 0 Å². The quantitative estimate of drug-likeness (QED) is 0.810. The molecule has 0 radical (unpaired) electrons. The lowest BCUT2D eigenvalue weighted by Crippen LogP contribution is -2.25. The Hall–Kier alpha value is -0.680. The highest BCUT2D eigenvalue weighted by Gasteiger charge is 2.05. The van der Waals surface area contributed by atoms with Gasteiger partial charge in [-0.25, -0.2) is 0 Å². The Kier molecular flexibility index (Phi) is 5.38. The monoisotopic (exact) mass is 281 g/mol. The van der Waals surface area contributed by atoms with Crippen molar-refractivity contribution in [2.75, 3.05) is 6.61 Å². The molecule has 1 unspecified atom stereocenters. The first-order valence-electron chi connectivity index (χ1n) is 6.25. The maximum Gasteiger partial charge on any atom is 0.0431 e. The first kappa shape index (κ1) is 13.7. The molecule has 4 heteroatoms. The molecule has 0 saturated carbocycles. The minimum atomic E-state index is 0.285. The van der Waals surface area contributed by atoms with E-state index in [1.165, 1.54) is 15.3 Å². The minimum absolute atomic E-state index is 0.285. The largest absolute Gasteiger partial charge is 0.396 e. The van der Waals surface area contributed by atoms with Gasteiger partial charge in [0.05, 0.1) is 0 Å². The zero-order chi connectivity index (χ0) is 12.8. The maximum atomic E-state index is 8.78. The predicted molar refractivity (Wildman–Crippen MR) is 80.3 cm³/mol. The smallest absolute Gasteiger partial charge is 0.0431 e. The highest BCUT2D eigenvalue weighted by Crippen LogP contribution is 2.29. The van der Waals surface area contributed by atoms with E-state index in [1.807, 2.05) is 11.3 Å². The van der Waals surface area contributed by atoms with Crippen molar-refractivity contribution in [3.63, 3.8) is 0 Å². The Morgan fingerprint density at radius 2 is 2.28 bits per heavy atom. The predicted octanol–water partition coefficient (Wildman–Crippen LogP) is 3.73. The van der Waals surface area contributed by atoms with Crippen LogP contribution in [0, 0.1) is 0 Å². The zero-order valence-electron chi connectivity index (χ0n) is 10.6. The molecule has 0 bridgehead atoms. The van der Waals surface area contributed by atoms with Crippen LogP contribution in [-0.2, 0) is 6.54 Å². The summed E-state index contributed by atoms with van der Waals surface area (Å²) in [6, 6.07) is 6.98. The molecular formula is C14H19NOS2. The van der Waals surface area contributed by atoms with Crippen LogP contribution in [0.4, 0.5) is 0 Å². The van der Waals surface area contributed by atoms with Crippen molar-refractivity contribution >= 4 is 22.7 Å². The van der Waals surface area contributed by atoms with Crippen LogP contribution < -0.4 is 5.32 Å². The maximum absolute atomic E-state index is 8.78. The number of aliphatic hydroxyl groups is 1. The van der Waals surface area contributed by atoms with Crippen LogP contribution in [0.5, 0.6) is 0 Å². The first-order valence-corrected chi connectivity index (χ1v) is 8.01. The van der Waals surface area contributed by atoms with Crippen molar-refractivity contribution < 1.29 is 5.11 Å². The number of aliphatic hydroxyl groups excluding tert-OH is 1. The lowest BCUT2D eigenvalue weighted by Gasteiger charge is -2.11. The van der Waals surface area contributed by atoms with Crippen molar-refractivity contribution in [1.82, 2.24) is 5.32 Å². The van der Waals surface area contributed by atoms with Crippen LogP contribution in [0.15, 0.2) is 29.0 Å². The Labute approximate surface area is 116 Å². The van der Waals surface area contributed by atoms with Crippen LogP contribution in [0.25, 0.3) is 10.4 Å². The molecule has 0 aliphatic carbocycles. The van der Waals surface area contributed by atoms with E-state index in [4.69, 9.17) is 5.11 Å². The van der Waals surface area contributed by atoms with Crippen molar-refractivity contribution in [2.45, 2.75) is 32.4 Å². The number of hydrogen-bond donors (Lipinski definition) is 2. The van der Waals surface area contributed by atoms with E-state index >= 15 is 0 Å². The fraction of sp³-hybridized carbons (Fsp3) is 0.429. The molecule has 1 atom stereocenters. The fourth-order valence-corrected chi connectivity index (χ4v) is 3.44. The Balaban J connectivity index is 1.84. The average Bonchev–Trinajstić information content (AvgIpc) is 3.03. The highest BCUT2D eigenvalue weighted by atomic mass is 32.1. The van der Waals surface area contributed by atoms with Crippen LogP contribution in [0.1, 0.15) is 24.6 Å². The highest BCUT2D eigenvalue weighted by molar-refractivity contribution is 7.14. The van der Waals surface area contributed by atoms with E-state index in [2.05, 4.69) is 41.2 Å². The molecule has 2 heterocycles. The summed E-state index contributed by atoms with van der Waals surface area (Å²) in [6.07, 6.45) is 1.90. The van der Waals surface area contributed by atoms with Gasteiger partial charge in [0.25, 0.3) is 0 Å². The molecule has 0 saturated heterocycles. The minimum Gasteiger partial charge on any atom is -0.396 e. The normalized spacial score (nSPS) is 12.8. The van der Waals surface area contributed by atoms with Gasteiger partial charge in [-0.05, 0) is 42.7 Å². The summed E-state index contributed by atoms with van der Waals surface area (Å²) in [5, 5.41) is 16.6. The van der Waals surface area contributed by atoms with Gasteiger partial charge in [-0.15, -0.1) is 22.7 Å². The molecule has 2 aromatic rings. The van der Waals surface area contributed by atoms with Gasteiger partial charge in [0.1, 0.15) is 0 Å². The van der Waals surface area contributed by atoms with Crippen molar-refractivity contribution in [3.8, 4) is 10.4 Å². The van der Waals surface area contributed by atoms with Crippen LogP contribution in [0.2, 0.25) is 0 Å². The number of thiophene rings is 2. The summed E-state index contributed by atoms with van der Waals surface area (Å²) in [4.78, 5) is 2.71. The van der Waals surface area contributed by atoms with Gasteiger partial charge in [0.15, 0.2) is 0 Å². The second-order valence-corrected chi connectivity index (χ2v) is 6.37. The van der Waals surface area contributed by atoms with Gasteiger partial charge >= 0.3 is 0 Å². The summed E-state index contributed by atoms with van der Waals surface area (Å²) in [5.41, 5.74) is 1.33. The molecule has 98 valence electrons. The first-order chi connectivity index (χ1) is 8.79. The topological polar surface area (TPSA) is 32.3 Å². The second-order valence-electron chi connectivity index (χ2n) is 4.43. The molecule has 2 N–H and O–H groups in total. The van der Waals surface area contributed by atoms with Gasteiger partial charge in [-0.2, -0.15) is 0 Å². The average molecular weight is 281 g/mol. The summed E-state index contributed by atoms with van der Waals surface area (Å²) in [6.45, 7) is 3.37. The molecular weight excluding hydrogens is 262 g/mol. The number of rotatable bonds is 7. The number of nitrogens with one attached hydrogen (secondary N) is 1. The van der Waals surface area contributed by atoms with E-state index in [0.717, 1.165) is 19.4 Å². The summed E-state index contributed by atoms with van der Waals surface area (Å²) >= 11 is 3.59. The molecule has 2 rings (SSSR count). The summed E-state index contributed by atoms with van der Waals surface area (Å²) in [5.74, 6) is 0. The molecule has 0 amide bonds. The zero-order valence-corrected chi connectivity index (χ0v) is 12.2. The van der Waals surface area contributed by atoms with Gasteiger partial charge in [0, 0.05) is 34.5 Å². The second kappa shape index (κ2) is 7.04. The summed E-state index contributed by atoms with van der Waals surface area (Å²) < 4.78 is 0. The Morgan fingerprint density at radius 3 is 3.00 bits per heavy atom. The van der Waals surface area contributed by atoms with E-state index < -0.39 is 0 Å². The Morgan fingerprint density at radius 1 is 1.39 bits per heavy atom. The van der Waals surface area contributed by atoms with Crippen molar-refractivity contribution in [2.24, 2.45) is 0 Å². The molecule has 0 aliphatic rings. The van der Waals surface area contributed by atoms with E-state index in [0.29, 0.717) is 6.04 Å². The number of hydrogen-bond acceptors (Lipinski definition) is 4. The molecule has 2 nitrogen and oxygen atoms in total. The molecule has 0 aliphatic heterocycles. The SMILES string of the molecule is CC(CCCO)NCc1cc(-c2cccs2)cs1. The van der Waals surface area contributed by atoms with Gasteiger partial charge < -0.3 is 10.4 Å². The standard InChI is InChI=1S/C14H19NOS2/c1-11(4-2-6-16)15-9-13-8-12(10-18-13)14-5-3-7-17-14/h3,5,7-8,10-11,15-16H,2,4,6,9H2,1H3. The van der Waals surface area contributed by atoms with Crippen molar-refractivity contribution in [1.29, 1.82) is 0 Å². The third-order valence-corrected chi connectivity index (χ3v) is 4.74. The lowest BCUT2D eigenvalue weighted by molar-refractivity contribution is 0.276. The molecule has 18 heavy (non-hydrogen) atoms. The third-order valence-electron chi connectivity index (χ3n) is 2.88. The van der Waals surface area contributed by atoms with Crippen LogP contribution in [-0.4, -0.2) is 17.8 Å². The molecule has 0 spiro atoms. The van der Waals surface area contributed by atoms with Crippen molar-refractivity contribution in [3.05, 3.63) is 33.8 Å². The lowest BCUT2D eigenvalue weighted by atomic mass is 10.2. The fourth-order valence-electron chi connectivity index (χ4n) is 1.82. The Bertz CT molecular complexity index is 450. The molecule has 0 fully saturated rings. The van der Waals surface area contributed by atoms with Gasteiger partial charge in [0.2, 0.25) is 0 Å². The van der Waals surface area contributed by atoms with Gasteiger partial charge in [-0.1, -0.05) is 6.07 Å². The van der Waals surface area contributed by atoms with Crippen LogP contribution in [0.3, 0.4) is 0 Å². The van der Waals surface area contributed by atoms with E-state index in [-0.39, 0.29) is 6.61 Å². The molecule has 0 aromatic carbocycles. The van der Waals surface area contributed by atoms with Gasteiger partial charge in [-0.3, -0.25) is 0 Å². The van der Waals surface area contributed by atoms with E-state index in [1.54, 1.807) is 11.3 Å². The van der Waals surface area contributed by atoms with Crippen LogP contribution >= 0.6 is 22.7 Å². The third kappa shape index (κ3) is 3.92. The summed E-state index contributed by atoms with van der Waals surface area (Å²) in [7, 11) is 0.